The van der Waals surface area contributed by atoms with E-state index in [2.05, 4.69) is 5.32 Å². The Bertz CT molecular complexity index is 1060. The van der Waals surface area contributed by atoms with Crippen molar-refractivity contribution in [3.8, 4) is 5.75 Å². The number of carbonyl (C=O) groups is 1. The molecule has 0 aliphatic carbocycles. The smallest absolute Gasteiger partial charge is 0.243 e. The van der Waals surface area contributed by atoms with E-state index < -0.39 is 16.1 Å². The van der Waals surface area contributed by atoms with E-state index in [1.807, 2.05) is 62.9 Å². The molecule has 1 aliphatic rings. The van der Waals surface area contributed by atoms with Crippen molar-refractivity contribution < 1.29 is 17.9 Å². The number of methoxy groups -OCH3 is 1. The molecule has 1 amide bonds. The molecule has 0 radical (unpaired) electrons. The first-order valence-electron chi connectivity index (χ1n) is 10.4. The van der Waals surface area contributed by atoms with Gasteiger partial charge in [0.05, 0.1) is 23.7 Å². The van der Waals surface area contributed by atoms with Crippen molar-refractivity contribution in [2.45, 2.75) is 38.6 Å². The number of piperazine rings is 1. The van der Waals surface area contributed by atoms with Gasteiger partial charge in [-0.15, -0.1) is 0 Å². The van der Waals surface area contributed by atoms with Crippen molar-refractivity contribution in [2.24, 2.45) is 0 Å². The van der Waals surface area contributed by atoms with Gasteiger partial charge in [-0.25, -0.2) is 8.42 Å². The molecule has 2 aromatic rings. The standard InChI is InChI=1S/C23H31N3O4S/c1-16-7-9-22(18(3)14-16)31(28,29)26-12-10-25(11-13-26)19(4)23(27)24-20-15-17(2)6-8-21(20)30-5/h6-9,14-15,19H,10-13H2,1-5H3,(H,24,27). The zero-order valence-corrected chi connectivity index (χ0v) is 19.6. The molecule has 0 aromatic heterocycles. The van der Waals surface area contributed by atoms with E-state index in [1.165, 1.54) is 4.31 Å². The number of hydrogen-bond acceptors (Lipinski definition) is 5. The summed E-state index contributed by atoms with van der Waals surface area (Å²) in [6.45, 7) is 9.23. The van der Waals surface area contributed by atoms with Gasteiger partial charge in [0.2, 0.25) is 15.9 Å². The van der Waals surface area contributed by atoms with Crippen molar-refractivity contribution in [3.05, 3.63) is 53.1 Å². The van der Waals surface area contributed by atoms with Crippen LogP contribution in [0.5, 0.6) is 5.75 Å². The number of amides is 1. The summed E-state index contributed by atoms with van der Waals surface area (Å²) in [5, 5.41) is 2.94. The van der Waals surface area contributed by atoms with E-state index in [4.69, 9.17) is 4.74 Å². The molecule has 0 bridgehead atoms. The van der Waals surface area contributed by atoms with Gasteiger partial charge in [0.1, 0.15) is 5.75 Å². The maximum Gasteiger partial charge on any atom is 0.243 e. The van der Waals surface area contributed by atoms with Crippen molar-refractivity contribution in [2.75, 3.05) is 38.6 Å². The lowest BCUT2D eigenvalue weighted by Gasteiger charge is -2.37. The van der Waals surface area contributed by atoms with Crippen LogP contribution in [0.3, 0.4) is 0 Å². The Morgan fingerprint density at radius 3 is 2.23 bits per heavy atom. The number of anilines is 1. The van der Waals surface area contributed by atoms with Gasteiger partial charge >= 0.3 is 0 Å². The quantitative estimate of drug-likeness (QED) is 0.740. The molecule has 1 unspecified atom stereocenters. The van der Waals surface area contributed by atoms with Crippen LogP contribution in [0.25, 0.3) is 0 Å². The highest BCUT2D eigenvalue weighted by Crippen LogP contribution is 2.26. The molecule has 2 aromatic carbocycles. The zero-order valence-electron chi connectivity index (χ0n) is 18.8. The molecule has 0 spiro atoms. The van der Waals surface area contributed by atoms with Crippen molar-refractivity contribution in [1.82, 2.24) is 9.21 Å². The Hall–Kier alpha value is -2.42. The Labute approximate surface area is 185 Å². The average Bonchev–Trinajstić information content (AvgIpc) is 2.73. The summed E-state index contributed by atoms with van der Waals surface area (Å²) in [6, 6.07) is 10.6. The van der Waals surface area contributed by atoms with Crippen molar-refractivity contribution in [3.63, 3.8) is 0 Å². The summed E-state index contributed by atoms with van der Waals surface area (Å²) in [5.74, 6) is 0.463. The minimum Gasteiger partial charge on any atom is -0.495 e. The van der Waals surface area contributed by atoms with Gasteiger partial charge < -0.3 is 10.1 Å². The molecule has 1 saturated heterocycles. The molecule has 7 nitrogen and oxygen atoms in total. The summed E-state index contributed by atoms with van der Waals surface area (Å²) in [4.78, 5) is 15.2. The summed E-state index contributed by atoms with van der Waals surface area (Å²) < 4.78 is 33.0. The monoisotopic (exact) mass is 445 g/mol. The predicted molar refractivity (Wildman–Crippen MR) is 122 cm³/mol. The Morgan fingerprint density at radius 2 is 1.61 bits per heavy atom. The number of nitrogens with zero attached hydrogens (tertiary/aromatic N) is 2. The third kappa shape index (κ3) is 5.08. The predicted octanol–water partition coefficient (Wildman–Crippen LogP) is 2.95. The lowest BCUT2D eigenvalue weighted by Crippen LogP contribution is -2.54. The Kier molecular flexibility index (Phi) is 7.03. The van der Waals surface area contributed by atoms with Gasteiger partial charge in [-0.3, -0.25) is 9.69 Å². The molecule has 31 heavy (non-hydrogen) atoms. The molecule has 0 saturated carbocycles. The van der Waals surface area contributed by atoms with Gasteiger partial charge in [0, 0.05) is 26.2 Å². The highest BCUT2D eigenvalue weighted by molar-refractivity contribution is 7.89. The Morgan fingerprint density at radius 1 is 1.00 bits per heavy atom. The van der Waals surface area contributed by atoms with E-state index in [0.29, 0.717) is 42.5 Å². The molecule has 8 heteroatoms. The number of benzene rings is 2. The van der Waals surface area contributed by atoms with E-state index in [9.17, 15) is 13.2 Å². The fourth-order valence-corrected chi connectivity index (χ4v) is 5.51. The maximum atomic E-state index is 13.1. The molecular formula is C23H31N3O4S. The average molecular weight is 446 g/mol. The number of ether oxygens (including phenoxy) is 1. The molecule has 1 N–H and O–H groups in total. The number of hydrogen-bond donors (Lipinski definition) is 1. The van der Waals surface area contributed by atoms with Crippen LogP contribution in [0, 0.1) is 20.8 Å². The molecule has 1 fully saturated rings. The summed E-state index contributed by atoms with van der Waals surface area (Å²) in [7, 11) is -1.98. The number of rotatable bonds is 6. The summed E-state index contributed by atoms with van der Waals surface area (Å²) in [5.41, 5.74) is 3.44. The number of sulfonamides is 1. The van der Waals surface area contributed by atoms with E-state index in [1.54, 1.807) is 13.2 Å². The topological polar surface area (TPSA) is 79.0 Å². The van der Waals surface area contributed by atoms with Crippen LogP contribution in [0.15, 0.2) is 41.3 Å². The normalized spacial score (nSPS) is 16.7. The fourth-order valence-electron chi connectivity index (χ4n) is 3.88. The lowest BCUT2D eigenvalue weighted by atomic mass is 10.2. The van der Waals surface area contributed by atoms with Crippen LogP contribution >= 0.6 is 0 Å². The highest BCUT2D eigenvalue weighted by Gasteiger charge is 2.32. The zero-order chi connectivity index (χ0) is 22.8. The first kappa shape index (κ1) is 23.2. The maximum absolute atomic E-state index is 13.1. The van der Waals surface area contributed by atoms with Crippen LogP contribution in [0.4, 0.5) is 5.69 Å². The molecule has 3 rings (SSSR count). The number of aryl methyl sites for hydroxylation is 3. The molecule has 1 atom stereocenters. The summed E-state index contributed by atoms with van der Waals surface area (Å²) in [6.07, 6.45) is 0. The second-order valence-electron chi connectivity index (χ2n) is 8.08. The lowest BCUT2D eigenvalue weighted by molar-refractivity contribution is -0.121. The van der Waals surface area contributed by atoms with Crippen LogP contribution in [-0.2, 0) is 14.8 Å². The highest BCUT2D eigenvalue weighted by atomic mass is 32.2. The third-order valence-electron chi connectivity index (χ3n) is 5.76. The largest absolute Gasteiger partial charge is 0.495 e. The van der Waals surface area contributed by atoms with Gasteiger partial charge in [0.25, 0.3) is 0 Å². The van der Waals surface area contributed by atoms with Gasteiger partial charge in [0.15, 0.2) is 0 Å². The van der Waals surface area contributed by atoms with E-state index >= 15 is 0 Å². The van der Waals surface area contributed by atoms with Crippen molar-refractivity contribution >= 4 is 21.6 Å². The minimum atomic E-state index is -3.55. The van der Waals surface area contributed by atoms with Gasteiger partial charge in [-0.2, -0.15) is 4.31 Å². The minimum absolute atomic E-state index is 0.144. The van der Waals surface area contributed by atoms with E-state index in [0.717, 1.165) is 16.7 Å². The fraction of sp³-hybridized carbons (Fsp3) is 0.435. The first-order chi connectivity index (χ1) is 14.6. The molecule has 1 heterocycles. The number of nitrogens with one attached hydrogen (secondary N) is 1. The third-order valence-corrected chi connectivity index (χ3v) is 7.82. The second-order valence-corrected chi connectivity index (χ2v) is 9.98. The van der Waals surface area contributed by atoms with Gasteiger partial charge in [-0.05, 0) is 57.0 Å². The summed E-state index contributed by atoms with van der Waals surface area (Å²) >= 11 is 0. The second kappa shape index (κ2) is 9.38. The van der Waals surface area contributed by atoms with Crippen molar-refractivity contribution in [1.29, 1.82) is 0 Å². The number of carbonyl (C=O) groups excluding carboxylic acids is 1. The first-order valence-corrected chi connectivity index (χ1v) is 11.8. The molecular weight excluding hydrogens is 414 g/mol. The van der Waals surface area contributed by atoms with Crippen LogP contribution in [0.2, 0.25) is 0 Å². The van der Waals surface area contributed by atoms with Crippen LogP contribution < -0.4 is 10.1 Å². The van der Waals surface area contributed by atoms with Crippen LogP contribution in [0.1, 0.15) is 23.6 Å². The van der Waals surface area contributed by atoms with E-state index in [-0.39, 0.29) is 5.91 Å². The SMILES string of the molecule is COc1ccc(C)cc1NC(=O)C(C)N1CCN(S(=O)(=O)c2ccc(C)cc2C)CC1. The Balaban J connectivity index is 1.65. The molecule has 1 aliphatic heterocycles. The van der Waals surface area contributed by atoms with Gasteiger partial charge in [-0.1, -0.05) is 23.8 Å². The van der Waals surface area contributed by atoms with Crippen LogP contribution in [-0.4, -0.2) is 62.9 Å². The molecule has 168 valence electrons.